The normalized spacial score (nSPS) is 10.6. The summed E-state index contributed by atoms with van der Waals surface area (Å²) in [5.74, 6) is -0.131. The first-order valence-corrected chi connectivity index (χ1v) is 6.65. The largest absolute Gasteiger partial charge is 0.347 e. The van der Waals surface area contributed by atoms with Crippen LogP contribution in [0.15, 0.2) is 59.2 Å². The molecule has 0 saturated carbocycles. The van der Waals surface area contributed by atoms with Crippen molar-refractivity contribution >= 4 is 27.9 Å². The molecule has 1 amide bonds. The molecule has 0 aliphatic carbocycles. The molecule has 96 valence electrons. The average Bonchev–Trinajstić information content (AvgIpc) is 2.45. The smallest absolute Gasteiger partial charge is 0.244 e. The van der Waals surface area contributed by atoms with Gasteiger partial charge in [0, 0.05) is 16.7 Å². The van der Waals surface area contributed by atoms with Gasteiger partial charge in [-0.25, -0.2) is 0 Å². The molecule has 0 atom stereocenters. The summed E-state index contributed by atoms with van der Waals surface area (Å²) in [6.45, 7) is 0.435. The molecule has 1 aromatic carbocycles. The molecule has 0 aliphatic heterocycles. The van der Waals surface area contributed by atoms with Gasteiger partial charge in [0.15, 0.2) is 0 Å². The minimum Gasteiger partial charge on any atom is -0.347 e. The number of halogens is 1. The van der Waals surface area contributed by atoms with Gasteiger partial charge in [0.1, 0.15) is 0 Å². The Labute approximate surface area is 120 Å². The molecular formula is C15H13BrN2O. The number of carbonyl (C=O) groups excluding carboxylic acids is 1. The molecule has 0 fully saturated rings. The molecule has 1 aromatic heterocycles. The van der Waals surface area contributed by atoms with Gasteiger partial charge < -0.3 is 5.32 Å². The van der Waals surface area contributed by atoms with E-state index in [1.165, 1.54) is 6.08 Å². The third kappa shape index (κ3) is 4.67. The molecule has 0 radical (unpaired) electrons. The maximum Gasteiger partial charge on any atom is 0.244 e. The Morgan fingerprint density at radius 3 is 2.68 bits per heavy atom. The zero-order chi connectivity index (χ0) is 13.5. The Balaban J connectivity index is 1.86. The van der Waals surface area contributed by atoms with E-state index in [9.17, 15) is 4.79 Å². The van der Waals surface area contributed by atoms with Gasteiger partial charge in [0.25, 0.3) is 0 Å². The Hall–Kier alpha value is -1.94. The molecule has 1 heterocycles. The number of hydrogen-bond acceptors (Lipinski definition) is 2. The highest BCUT2D eigenvalue weighted by atomic mass is 79.9. The highest BCUT2D eigenvalue weighted by Crippen LogP contribution is 2.11. The van der Waals surface area contributed by atoms with Crippen molar-refractivity contribution in [1.29, 1.82) is 0 Å². The third-order valence-electron chi connectivity index (χ3n) is 2.47. The number of carbonyl (C=O) groups is 1. The lowest BCUT2D eigenvalue weighted by Gasteiger charge is -2.01. The summed E-state index contributed by atoms with van der Waals surface area (Å²) in [6.07, 6.45) is 5.01. The maximum atomic E-state index is 11.6. The third-order valence-corrected chi connectivity index (χ3v) is 3.00. The van der Waals surface area contributed by atoms with Crippen LogP contribution in [0.2, 0.25) is 0 Å². The molecule has 1 N–H and O–H groups in total. The second kappa shape index (κ2) is 6.85. The lowest BCUT2D eigenvalue weighted by Crippen LogP contribution is -2.20. The van der Waals surface area contributed by atoms with Crippen molar-refractivity contribution < 1.29 is 4.79 Å². The van der Waals surface area contributed by atoms with E-state index in [2.05, 4.69) is 26.2 Å². The standard InChI is InChI=1S/C15H13BrN2O/c16-13-7-4-12(5-8-13)6-9-15(19)18-11-14-3-1-2-10-17-14/h1-10H,11H2,(H,18,19)/b9-6+. The van der Waals surface area contributed by atoms with Gasteiger partial charge in [0.05, 0.1) is 12.2 Å². The number of pyridine rings is 1. The van der Waals surface area contributed by atoms with E-state index in [1.54, 1.807) is 12.3 Å². The van der Waals surface area contributed by atoms with Crippen molar-refractivity contribution in [2.45, 2.75) is 6.54 Å². The number of nitrogens with zero attached hydrogens (tertiary/aromatic N) is 1. The molecule has 0 bridgehead atoms. The van der Waals surface area contributed by atoms with E-state index in [0.717, 1.165) is 15.7 Å². The highest BCUT2D eigenvalue weighted by molar-refractivity contribution is 9.10. The minimum absolute atomic E-state index is 0.131. The van der Waals surface area contributed by atoms with E-state index in [1.807, 2.05) is 42.5 Å². The van der Waals surface area contributed by atoms with E-state index in [0.29, 0.717) is 6.54 Å². The fourth-order valence-electron chi connectivity index (χ4n) is 1.49. The number of rotatable bonds is 4. The molecule has 0 unspecified atom stereocenters. The number of hydrogen-bond donors (Lipinski definition) is 1. The van der Waals surface area contributed by atoms with Crippen molar-refractivity contribution in [3.05, 3.63) is 70.5 Å². The van der Waals surface area contributed by atoms with Crippen molar-refractivity contribution in [2.75, 3.05) is 0 Å². The summed E-state index contributed by atoms with van der Waals surface area (Å²) in [6, 6.07) is 13.4. The molecule has 19 heavy (non-hydrogen) atoms. The SMILES string of the molecule is O=C(/C=C/c1ccc(Br)cc1)NCc1ccccn1. The summed E-state index contributed by atoms with van der Waals surface area (Å²) in [4.78, 5) is 15.8. The van der Waals surface area contributed by atoms with Crippen LogP contribution in [0.4, 0.5) is 0 Å². The predicted octanol–water partition coefficient (Wildman–Crippen LogP) is 3.17. The van der Waals surface area contributed by atoms with Gasteiger partial charge in [-0.3, -0.25) is 9.78 Å². The quantitative estimate of drug-likeness (QED) is 0.880. The second-order valence-corrected chi connectivity index (χ2v) is 4.84. The van der Waals surface area contributed by atoms with Gasteiger partial charge in [-0.05, 0) is 35.9 Å². The van der Waals surface area contributed by atoms with Gasteiger partial charge in [-0.15, -0.1) is 0 Å². The lowest BCUT2D eigenvalue weighted by atomic mass is 10.2. The molecule has 4 heteroatoms. The summed E-state index contributed by atoms with van der Waals surface area (Å²) >= 11 is 3.37. The number of aromatic nitrogens is 1. The topological polar surface area (TPSA) is 42.0 Å². The lowest BCUT2D eigenvalue weighted by molar-refractivity contribution is -0.116. The summed E-state index contributed by atoms with van der Waals surface area (Å²) in [5.41, 5.74) is 1.82. The van der Waals surface area contributed by atoms with Crippen LogP contribution in [0, 0.1) is 0 Å². The molecule has 2 aromatic rings. The van der Waals surface area contributed by atoms with Gasteiger partial charge in [-0.1, -0.05) is 34.1 Å². The van der Waals surface area contributed by atoms with Crippen molar-refractivity contribution in [2.24, 2.45) is 0 Å². The zero-order valence-electron chi connectivity index (χ0n) is 10.2. The Morgan fingerprint density at radius 1 is 1.21 bits per heavy atom. The van der Waals surface area contributed by atoms with E-state index in [4.69, 9.17) is 0 Å². The molecule has 0 aliphatic rings. The van der Waals surface area contributed by atoms with Crippen LogP contribution in [0.5, 0.6) is 0 Å². The molecule has 0 saturated heterocycles. The van der Waals surface area contributed by atoms with Gasteiger partial charge in [-0.2, -0.15) is 0 Å². The number of nitrogens with one attached hydrogen (secondary N) is 1. The van der Waals surface area contributed by atoms with Crippen LogP contribution in [-0.4, -0.2) is 10.9 Å². The van der Waals surface area contributed by atoms with Crippen molar-refractivity contribution in [3.8, 4) is 0 Å². The highest BCUT2D eigenvalue weighted by Gasteiger charge is 1.97. The maximum absolute atomic E-state index is 11.6. The minimum atomic E-state index is -0.131. The molecule has 3 nitrogen and oxygen atoms in total. The van der Waals surface area contributed by atoms with E-state index >= 15 is 0 Å². The molecular weight excluding hydrogens is 304 g/mol. The van der Waals surface area contributed by atoms with Crippen molar-refractivity contribution in [1.82, 2.24) is 10.3 Å². The Kier molecular flexibility index (Phi) is 4.86. The predicted molar refractivity (Wildman–Crippen MR) is 79.3 cm³/mol. The first-order valence-electron chi connectivity index (χ1n) is 5.85. The molecule has 0 spiro atoms. The van der Waals surface area contributed by atoms with Crippen molar-refractivity contribution in [3.63, 3.8) is 0 Å². The number of amides is 1. The van der Waals surface area contributed by atoms with Crippen LogP contribution in [0.1, 0.15) is 11.3 Å². The van der Waals surface area contributed by atoms with Crippen LogP contribution in [0.3, 0.4) is 0 Å². The Morgan fingerprint density at radius 2 is 2.00 bits per heavy atom. The fraction of sp³-hybridized carbons (Fsp3) is 0.0667. The summed E-state index contributed by atoms with van der Waals surface area (Å²) in [5, 5.41) is 2.78. The number of benzene rings is 1. The first-order chi connectivity index (χ1) is 9.24. The second-order valence-electron chi connectivity index (χ2n) is 3.92. The average molecular weight is 317 g/mol. The first kappa shape index (κ1) is 13.5. The van der Waals surface area contributed by atoms with E-state index in [-0.39, 0.29) is 5.91 Å². The Bertz CT molecular complexity index is 564. The zero-order valence-corrected chi connectivity index (χ0v) is 11.8. The summed E-state index contributed by atoms with van der Waals surface area (Å²) in [7, 11) is 0. The van der Waals surface area contributed by atoms with Crippen LogP contribution >= 0.6 is 15.9 Å². The van der Waals surface area contributed by atoms with Crippen LogP contribution in [-0.2, 0) is 11.3 Å². The van der Waals surface area contributed by atoms with Gasteiger partial charge in [0.2, 0.25) is 5.91 Å². The molecule has 2 rings (SSSR count). The van der Waals surface area contributed by atoms with Crippen LogP contribution < -0.4 is 5.32 Å². The van der Waals surface area contributed by atoms with Gasteiger partial charge >= 0.3 is 0 Å². The van der Waals surface area contributed by atoms with E-state index < -0.39 is 0 Å². The van der Waals surface area contributed by atoms with Crippen LogP contribution in [0.25, 0.3) is 6.08 Å². The monoisotopic (exact) mass is 316 g/mol. The summed E-state index contributed by atoms with van der Waals surface area (Å²) < 4.78 is 1.02. The fourth-order valence-corrected chi connectivity index (χ4v) is 1.75.